The van der Waals surface area contributed by atoms with Gasteiger partial charge in [-0.3, -0.25) is 14.6 Å². The standard InChI is InChI=1S/C23H36N2O3/c1-4-5-13-24(3)23(20-7-6-8-22(18-20)28-19(2)26)11-9-21(10-12-23)25-14-16-27-17-15-25/h6-8,18,21H,4-5,9-17H2,1-3H3. The largest absolute Gasteiger partial charge is 0.427 e. The Bertz CT molecular complexity index is 634. The second-order valence-corrected chi connectivity index (χ2v) is 8.31. The van der Waals surface area contributed by atoms with Crippen LogP contribution in [0.1, 0.15) is 57.9 Å². The van der Waals surface area contributed by atoms with Gasteiger partial charge in [0.1, 0.15) is 5.75 Å². The number of esters is 1. The molecule has 0 radical (unpaired) electrons. The van der Waals surface area contributed by atoms with Gasteiger partial charge in [0.2, 0.25) is 0 Å². The van der Waals surface area contributed by atoms with Gasteiger partial charge in [-0.1, -0.05) is 25.5 Å². The Hall–Kier alpha value is -1.43. The molecule has 1 heterocycles. The highest BCUT2D eigenvalue weighted by Crippen LogP contribution is 2.44. The molecule has 0 atom stereocenters. The van der Waals surface area contributed by atoms with Crippen molar-refractivity contribution in [2.24, 2.45) is 0 Å². The Morgan fingerprint density at radius 1 is 1.29 bits per heavy atom. The summed E-state index contributed by atoms with van der Waals surface area (Å²) in [5.74, 6) is 0.394. The quantitative estimate of drug-likeness (QED) is 0.525. The molecule has 28 heavy (non-hydrogen) atoms. The molecule has 0 aromatic heterocycles. The number of hydrogen-bond acceptors (Lipinski definition) is 5. The molecule has 3 rings (SSSR count). The van der Waals surface area contributed by atoms with Gasteiger partial charge < -0.3 is 9.47 Å². The zero-order valence-corrected chi connectivity index (χ0v) is 17.8. The number of unbranched alkanes of at least 4 members (excludes halogenated alkanes) is 1. The normalized spacial score (nSPS) is 26.4. The molecule has 0 bridgehead atoms. The Morgan fingerprint density at radius 3 is 2.64 bits per heavy atom. The Labute approximate surface area is 170 Å². The van der Waals surface area contributed by atoms with Gasteiger partial charge in [-0.2, -0.15) is 0 Å². The van der Waals surface area contributed by atoms with Crippen LogP contribution in [0.4, 0.5) is 0 Å². The van der Waals surface area contributed by atoms with Crippen LogP contribution in [-0.4, -0.2) is 61.7 Å². The smallest absolute Gasteiger partial charge is 0.308 e. The summed E-state index contributed by atoms with van der Waals surface area (Å²) in [6.07, 6.45) is 7.08. The molecule has 5 heteroatoms. The Balaban J connectivity index is 1.80. The molecule has 2 aliphatic rings. The predicted molar refractivity (Wildman–Crippen MR) is 112 cm³/mol. The molecule has 1 aliphatic carbocycles. The fraction of sp³-hybridized carbons (Fsp3) is 0.696. The lowest BCUT2D eigenvalue weighted by Gasteiger charge is -2.49. The van der Waals surface area contributed by atoms with Gasteiger partial charge in [0, 0.05) is 31.6 Å². The zero-order chi connectivity index (χ0) is 20.0. The van der Waals surface area contributed by atoms with Crippen LogP contribution in [-0.2, 0) is 15.1 Å². The summed E-state index contributed by atoms with van der Waals surface area (Å²) < 4.78 is 10.9. The number of carbonyl (C=O) groups excluding carboxylic acids is 1. The van der Waals surface area contributed by atoms with Gasteiger partial charge in [-0.05, 0) is 63.4 Å². The van der Waals surface area contributed by atoms with E-state index < -0.39 is 0 Å². The van der Waals surface area contributed by atoms with E-state index in [2.05, 4.69) is 35.9 Å². The number of hydrogen-bond donors (Lipinski definition) is 0. The van der Waals surface area contributed by atoms with Crippen molar-refractivity contribution in [2.75, 3.05) is 39.9 Å². The monoisotopic (exact) mass is 388 g/mol. The first kappa shape index (κ1) is 21.3. The second kappa shape index (κ2) is 9.86. The molecule has 0 amide bonds. The molecule has 1 saturated carbocycles. The van der Waals surface area contributed by atoms with Gasteiger partial charge in [-0.15, -0.1) is 0 Å². The summed E-state index contributed by atoms with van der Waals surface area (Å²) in [7, 11) is 2.27. The second-order valence-electron chi connectivity index (χ2n) is 8.31. The van der Waals surface area contributed by atoms with E-state index in [1.807, 2.05) is 12.1 Å². The van der Waals surface area contributed by atoms with E-state index in [1.165, 1.54) is 38.2 Å². The van der Waals surface area contributed by atoms with Crippen molar-refractivity contribution in [2.45, 2.75) is 64.0 Å². The van der Waals surface area contributed by atoms with Crippen LogP contribution in [0.2, 0.25) is 0 Å². The first-order valence-corrected chi connectivity index (χ1v) is 10.9. The predicted octanol–water partition coefficient (Wildman–Crippen LogP) is 3.81. The summed E-state index contributed by atoms with van der Waals surface area (Å²) in [6, 6.07) is 8.86. The van der Waals surface area contributed by atoms with E-state index in [-0.39, 0.29) is 11.5 Å². The molecule has 0 unspecified atom stereocenters. The van der Waals surface area contributed by atoms with Crippen LogP contribution in [0.3, 0.4) is 0 Å². The maximum atomic E-state index is 11.4. The fourth-order valence-electron chi connectivity index (χ4n) is 4.90. The zero-order valence-electron chi connectivity index (χ0n) is 17.8. The van der Waals surface area contributed by atoms with E-state index in [9.17, 15) is 4.79 Å². The lowest BCUT2D eigenvalue weighted by molar-refractivity contribution is -0.131. The molecule has 0 spiro atoms. The van der Waals surface area contributed by atoms with Gasteiger partial charge in [0.05, 0.1) is 13.2 Å². The Morgan fingerprint density at radius 2 is 2.00 bits per heavy atom. The highest BCUT2D eigenvalue weighted by molar-refractivity contribution is 5.69. The third-order valence-corrected chi connectivity index (χ3v) is 6.56. The summed E-state index contributed by atoms with van der Waals surface area (Å²) >= 11 is 0. The van der Waals surface area contributed by atoms with E-state index in [1.54, 1.807) is 0 Å². The van der Waals surface area contributed by atoms with Crippen LogP contribution in [0.25, 0.3) is 0 Å². The highest BCUT2D eigenvalue weighted by atomic mass is 16.5. The molecular weight excluding hydrogens is 352 g/mol. The number of benzene rings is 1. The van der Waals surface area contributed by atoms with Crippen molar-refractivity contribution in [1.29, 1.82) is 0 Å². The summed E-state index contributed by atoms with van der Waals surface area (Å²) in [5.41, 5.74) is 1.30. The van der Waals surface area contributed by atoms with Gasteiger partial charge >= 0.3 is 5.97 Å². The number of rotatable bonds is 7. The van der Waals surface area contributed by atoms with E-state index in [0.29, 0.717) is 11.8 Å². The van der Waals surface area contributed by atoms with Crippen LogP contribution >= 0.6 is 0 Å². The minimum Gasteiger partial charge on any atom is -0.427 e. The van der Waals surface area contributed by atoms with Crippen molar-refractivity contribution in [3.63, 3.8) is 0 Å². The minimum atomic E-state index is -0.262. The highest BCUT2D eigenvalue weighted by Gasteiger charge is 2.41. The molecule has 1 aromatic carbocycles. The molecule has 1 aromatic rings. The van der Waals surface area contributed by atoms with Gasteiger partial charge in [0.15, 0.2) is 0 Å². The summed E-state index contributed by atoms with van der Waals surface area (Å²) in [4.78, 5) is 16.6. The Kier molecular flexibility index (Phi) is 7.49. The third-order valence-electron chi connectivity index (χ3n) is 6.56. The van der Waals surface area contributed by atoms with Crippen LogP contribution < -0.4 is 4.74 Å². The SMILES string of the molecule is CCCCN(C)C1(c2cccc(OC(C)=O)c2)CCC(N2CCOCC2)CC1. The summed E-state index contributed by atoms with van der Waals surface area (Å²) in [6.45, 7) is 8.65. The minimum absolute atomic E-state index is 0.0219. The van der Waals surface area contributed by atoms with Gasteiger partial charge in [0.25, 0.3) is 0 Å². The molecule has 156 valence electrons. The van der Waals surface area contributed by atoms with Crippen LogP contribution in [0.15, 0.2) is 24.3 Å². The average Bonchev–Trinajstić information content (AvgIpc) is 2.72. The van der Waals surface area contributed by atoms with E-state index >= 15 is 0 Å². The van der Waals surface area contributed by atoms with Crippen molar-refractivity contribution in [3.05, 3.63) is 29.8 Å². The van der Waals surface area contributed by atoms with Crippen molar-refractivity contribution >= 4 is 5.97 Å². The molecule has 2 fully saturated rings. The number of carbonyl (C=O) groups is 1. The molecule has 1 aliphatic heterocycles. The maximum Gasteiger partial charge on any atom is 0.308 e. The van der Waals surface area contributed by atoms with Gasteiger partial charge in [-0.25, -0.2) is 0 Å². The van der Waals surface area contributed by atoms with Crippen LogP contribution in [0.5, 0.6) is 5.75 Å². The van der Waals surface area contributed by atoms with Crippen molar-refractivity contribution in [3.8, 4) is 5.75 Å². The first-order chi connectivity index (χ1) is 13.5. The number of morpholine rings is 1. The molecule has 0 N–H and O–H groups in total. The lowest BCUT2D eigenvalue weighted by atomic mass is 9.73. The van der Waals surface area contributed by atoms with Crippen LogP contribution in [0, 0.1) is 0 Å². The fourth-order valence-corrected chi connectivity index (χ4v) is 4.90. The molecular formula is C23H36N2O3. The number of ether oxygens (including phenoxy) is 2. The molecule has 1 saturated heterocycles. The van der Waals surface area contributed by atoms with Crippen molar-refractivity contribution < 1.29 is 14.3 Å². The number of nitrogens with zero attached hydrogens (tertiary/aromatic N) is 2. The third kappa shape index (κ3) is 4.94. The molecule has 5 nitrogen and oxygen atoms in total. The lowest BCUT2D eigenvalue weighted by Crippen LogP contribution is -2.52. The topological polar surface area (TPSA) is 42.0 Å². The first-order valence-electron chi connectivity index (χ1n) is 10.9. The van der Waals surface area contributed by atoms with Crippen molar-refractivity contribution in [1.82, 2.24) is 9.80 Å². The average molecular weight is 389 g/mol. The maximum absolute atomic E-state index is 11.4. The van der Waals surface area contributed by atoms with E-state index in [0.717, 1.165) is 45.7 Å². The summed E-state index contributed by atoms with van der Waals surface area (Å²) in [5, 5.41) is 0. The van der Waals surface area contributed by atoms with E-state index in [4.69, 9.17) is 9.47 Å².